The fourth-order valence-electron chi connectivity index (χ4n) is 5.76. The van der Waals surface area contributed by atoms with Crippen LogP contribution in [0.4, 0.5) is 0 Å². The van der Waals surface area contributed by atoms with Crippen LogP contribution in [0, 0.1) is 0 Å². The van der Waals surface area contributed by atoms with Crippen LogP contribution >= 0.6 is 71.9 Å². The molecular formula is C33H57BI3N6Ti. The largest absolute Gasteiger partial charge is 0.282 e. The van der Waals surface area contributed by atoms with E-state index in [2.05, 4.69) is 140 Å². The summed E-state index contributed by atoms with van der Waals surface area (Å²) in [5, 5.41) is 25.9. The van der Waals surface area contributed by atoms with Gasteiger partial charge in [-0.25, -0.2) is 0 Å². The Kier molecular flexibility index (Phi) is 15.9. The number of H-pyrrole nitrogens is 3. The monoisotopic (exact) mass is 977 g/mol. The maximum atomic E-state index is 5.08. The van der Waals surface area contributed by atoms with Crippen molar-refractivity contribution in [2.45, 2.75) is 157 Å². The molecule has 3 N–H and O–H groups in total. The van der Waals surface area contributed by atoms with Gasteiger partial charge in [0.1, 0.15) is 0 Å². The molecule has 11 heteroatoms. The number of halogens is 3. The van der Waals surface area contributed by atoms with E-state index in [1.165, 1.54) is 33.5 Å². The van der Waals surface area contributed by atoms with Crippen molar-refractivity contribution in [2.75, 3.05) is 0 Å². The van der Waals surface area contributed by atoms with Gasteiger partial charge in [0.25, 0.3) is 6.71 Å². The second kappa shape index (κ2) is 15.0. The zero-order valence-corrected chi connectivity index (χ0v) is 38.6. The summed E-state index contributed by atoms with van der Waals surface area (Å²) in [5.74, 6) is 0. The van der Waals surface area contributed by atoms with Crippen molar-refractivity contribution in [3.8, 4) is 0 Å². The van der Waals surface area contributed by atoms with E-state index in [4.69, 9.17) is 15.3 Å². The molecule has 0 fully saturated rings. The molecule has 0 bridgehead atoms. The summed E-state index contributed by atoms with van der Waals surface area (Å²) in [4.78, 5) is 0. The fourth-order valence-corrected chi connectivity index (χ4v) is 5.76. The van der Waals surface area contributed by atoms with Gasteiger partial charge >= 0.3 is 0 Å². The van der Waals surface area contributed by atoms with Crippen LogP contribution in [0.2, 0.25) is 0 Å². The molecule has 3 aromatic heterocycles. The Labute approximate surface area is 335 Å². The van der Waals surface area contributed by atoms with Gasteiger partial charge in [-0.05, 0) is 16.4 Å². The van der Waals surface area contributed by atoms with Gasteiger partial charge < -0.3 is 0 Å². The van der Waals surface area contributed by atoms with Crippen LogP contribution in [0.3, 0.4) is 0 Å². The van der Waals surface area contributed by atoms with Gasteiger partial charge in [-0.3, -0.25) is 15.3 Å². The maximum absolute atomic E-state index is 5.08. The first-order valence-corrected chi connectivity index (χ1v) is 15.0. The number of hydrogen-bond donors (Lipinski definition) is 3. The first-order valence-electron chi connectivity index (χ1n) is 15.0. The van der Waals surface area contributed by atoms with E-state index in [0.29, 0.717) is 0 Å². The van der Waals surface area contributed by atoms with Crippen LogP contribution < -0.4 is 16.4 Å². The molecule has 0 aromatic carbocycles. The van der Waals surface area contributed by atoms with Gasteiger partial charge in [0.2, 0.25) is 0 Å². The Morgan fingerprint density at radius 1 is 0.364 bits per heavy atom. The molecule has 0 saturated heterocycles. The van der Waals surface area contributed by atoms with E-state index in [0.717, 1.165) is 17.1 Å². The fraction of sp³-hybridized carbons (Fsp3) is 0.727. The third kappa shape index (κ3) is 9.61. The smallest absolute Gasteiger partial charge is 0.255 e. The Morgan fingerprint density at radius 2 is 0.545 bits per heavy atom. The molecule has 0 unspecified atom stereocenters. The van der Waals surface area contributed by atoms with Crippen molar-refractivity contribution in [3.63, 3.8) is 0 Å². The molecule has 6 nitrogen and oxygen atoms in total. The molecule has 0 spiro atoms. The predicted octanol–water partition coefficient (Wildman–Crippen LogP) is 8.81. The number of hydrogen-bond acceptors (Lipinski definition) is 3. The van der Waals surface area contributed by atoms with Crippen LogP contribution in [0.25, 0.3) is 0 Å². The van der Waals surface area contributed by atoms with E-state index in [-0.39, 0.29) is 133 Å². The quantitative estimate of drug-likeness (QED) is 0.181. The van der Waals surface area contributed by atoms with E-state index in [1.54, 1.807) is 0 Å². The summed E-state index contributed by atoms with van der Waals surface area (Å²) >= 11 is 0. The molecule has 0 aliphatic heterocycles. The van der Waals surface area contributed by atoms with Crippen molar-refractivity contribution < 1.29 is 21.7 Å². The molecule has 0 saturated carbocycles. The Bertz CT molecular complexity index is 1100. The van der Waals surface area contributed by atoms with Crippen molar-refractivity contribution >= 4 is 95.0 Å². The van der Waals surface area contributed by atoms with E-state index < -0.39 is 0 Å². The Morgan fingerprint density at radius 3 is 0.682 bits per heavy atom. The average molecular weight is 977 g/mol. The van der Waals surface area contributed by atoms with E-state index in [9.17, 15) is 0 Å². The minimum atomic E-state index is -0.172. The van der Waals surface area contributed by atoms with Crippen molar-refractivity contribution in [1.29, 1.82) is 0 Å². The minimum Gasteiger partial charge on any atom is -0.282 e. The van der Waals surface area contributed by atoms with Gasteiger partial charge in [-0.15, -0.1) is 0 Å². The third-order valence-corrected chi connectivity index (χ3v) is 7.66. The van der Waals surface area contributed by atoms with Gasteiger partial charge in [-0.2, -0.15) is 15.3 Å². The average Bonchev–Trinajstić information content (AvgIpc) is 3.42. The molecule has 0 amide bonds. The topological polar surface area (TPSA) is 86.0 Å². The maximum Gasteiger partial charge on any atom is 0.255 e. The summed E-state index contributed by atoms with van der Waals surface area (Å²) in [6, 6.07) is 0. The van der Waals surface area contributed by atoms with E-state index in [1.807, 2.05) is 0 Å². The first kappa shape index (κ1) is 46.7. The number of nitrogens with one attached hydrogen (secondary N) is 3. The van der Waals surface area contributed by atoms with Crippen LogP contribution in [-0.2, 0) is 54.2 Å². The first-order chi connectivity index (χ1) is 17.7. The summed E-state index contributed by atoms with van der Waals surface area (Å²) in [5.41, 5.74) is 9.63. The molecule has 3 aromatic rings. The van der Waals surface area contributed by atoms with Crippen LogP contribution in [0.1, 0.15) is 159 Å². The molecular weight excluding hydrogens is 920 g/mol. The van der Waals surface area contributed by atoms with Crippen LogP contribution in [0.5, 0.6) is 0 Å². The van der Waals surface area contributed by atoms with Crippen molar-refractivity contribution in [1.82, 2.24) is 30.6 Å². The molecule has 0 aliphatic carbocycles. The standard InChI is InChI=1S/C33H57BN6.3I.Ti/c1-28(2,3)22-19(23(36-35-22)29(4,5)6)34(20-24(30(7,8)9)37-38-25(20)31(10,11)12)21-26(32(13,14)15)39-40-27(21)33(16,17)18;;;;/h1-18H3,(H,35,36)(H,37,38)(H,39,40);;;;. The van der Waals surface area contributed by atoms with Crippen molar-refractivity contribution in [3.05, 3.63) is 34.2 Å². The predicted molar refractivity (Wildman–Crippen MR) is 215 cm³/mol. The molecule has 3 rings (SSSR count). The molecule has 3 heterocycles. The number of aromatic amines is 3. The zero-order valence-electron chi connectivity index (χ0n) is 30.6. The summed E-state index contributed by atoms with van der Waals surface area (Å²) in [7, 11) is 0. The Balaban J connectivity index is 0. The molecule has 0 atom stereocenters. The SMILES string of the molecule is CC(C)(C)c1n[nH]c(C(C)(C)C)c1B(c1c(C(C)(C)C)n[nH]c1C(C)(C)C)c1c(C(C)(C)C)n[nH]c1C(C)(C)C.[I].[I].[I].[Ti]. The zero-order chi connectivity index (χ0) is 31.0. The van der Waals surface area contributed by atoms with Gasteiger partial charge in [0.05, 0.1) is 17.1 Å². The third-order valence-electron chi connectivity index (χ3n) is 7.66. The minimum absolute atomic E-state index is 0. The molecule has 44 heavy (non-hydrogen) atoms. The van der Waals surface area contributed by atoms with Gasteiger partial charge in [0, 0.05) is 143 Å². The van der Waals surface area contributed by atoms with E-state index >= 15 is 0 Å². The summed E-state index contributed by atoms with van der Waals surface area (Å²) in [6.45, 7) is 40.8. The number of nitrogens with zero attached hydrogens (tertiary/aromatic N) is 3. The molecule has 0 aliphatic rings. The number of rotatable bonds is 3. The number of aromatic nitrogens is 6. The van der Waals surface area contributed by atoms with Crippen molar-refractivity contribution in [2.24, 2.45) is 0 Å². The van der Waals surface area contributed by atoms with Crippen LogP contribution in [0.15, 0.2) is 0 Å². The Hall–Kier alpha value is 0.599. The summed E-state index contributed by atoms with van der Waals surface area (Å²) in [6.07, 6.45) is 0. The summed E-state index contributed by atoms with van der Waals surface area (Å²) < 4.78 is 0. The molecule has 3 radical (unpaired) electrons. The molecule has 247 valence electrons. The van der Waals surface area contributed by atoms with Gasteiger partial charge in [-0.1, -0.05) is 125 Å². The van der Waals surface area contributed by atoms with Crippen LogP contribution in [-0.4, -0.2) is 37.3 Å². The second-order valence-electron chi connectivity index (χ2n) is 18.0. The normalized spacial score (nSPS) is 13.0. The van der Waals surface area contributed by atoms with Gasteiger partial charge in [0.15, 0.2) is 0 Å². The second-order valence-corrected chi connectivity index (χ2v) is 18.0.